The van der Waals surface area contributed by atoms with Gasteiger partial charge in [-0.3, -0.25) is 4.68 Å². The van der Waals surface area contributed by atoms with E-state index in [1.807, 2.05) is 13.2 Å². The van der Waals surface area contributed by atoms with Crippen LogP contribution in [0.2, 0.25) is 0 Å². The number of rotatable bonds is 2. The monoisotopic (exact) mass is 240 g/mol. The van der Waals surface area contributed by atoms with Crippen LogP contribution in [-0.2, 0) is 7.05 Å². The van der Waals surface area contributed by atoms with Crippen molar-refractivity contribution in [2.24, 2.45) is 7.05 Å². The van der Waals surface area contributed by atoms with Gasteiger partial charge >= 0.3 is 0 Å². The quantitative estimate of drug-likeness (QED) is 0.871. The summed E-state index contributed by atoms with van der Waals surface area (Å²) in [5, 5.41) is 11.4. The maximum absolute atomic E-state index is 4.12. The first-order valence-electron chi connectivity index (χ1n) is 6.20. The van der Waals surface area contributed by atoms with Gasteiger partial charge in [0.15, 0.2) is 0 Å². The molecule has 1 N–H and O–H groups in total. The molecule has 0 atom stereocenters. The van der Waals surface area contributed by atoms with Crippen LogP contribution in [0.3, 0.4) is 0 Å². The Morgan fingerprint density at radius 1 is 1.17 bits per heavy atom. The maximum atomic E-state index is 4.12. The standard InChI is InChI=1S/C14H16N4/c1-18-10-14(16-17-18)13-4-2-11(3-5-13)12-6-8-15-9-7-12/h2-6,10,15H,7-9H2,1H3. The number of nitrogens with zero attached hydrogens (tertiary/aromatic N) is 3. The molecule has 0 saturated heterocycles. The van der Waals surface area contributed by atoms with Crippen molar-refractivity contribution in [1.29, 1.82) is 0 Å². The highest BCUT2D eigenvalue weighted by molar-refractivity contribution is 5.69. The lowest BCUT2D eigenvalue weighted by Gasteiger charge is -2.14. The van der Waals surface area contributed by atoms with E-state index in [1.54, 1.807) is 4.68 Å². The summed E-state index contributed by atoms with van der Waals surface area (Å²) >= 11 is 0. The Bertz CT molecular complexity index is 566. The first-order valence-corrected chi connectivity index (χ1v) is 6.20. The molecule has 18 heavy (non-hydrogen) atoms. The van der Waals surface area contributed by atoms with Crippen LogP contribution < -0.4 is 5.32 Å². The highest BCUT2D eigenvalue weighted by Crippen LogP contribution is 2.23. The van der Waals surface area contributed by atoms with Crippen LogP contribution >= 0.6 is 0 Å². The van der Waals surface area contributed by atoms with E-state index in [1.165, 1.54) is 11.1 Å². The van der Waals surface area contributed by atoms with Gasteiger partial charge in [0.25, 0.3) is 0 Å². The summed E-state index contributed by atoms with van der Waals surface area (Å²) in [5.74, 6) is 0. The molecule has 1 aromatic heterocycles. The molecule has 2 aromatic rings. The molecule has 0 unspecified atom stereocenters. The fourth-order valence-corrected chi connectivity index (χ4v) is 2.22. The van der Waals surface area contributed by atoms with Crippen LogP contribution in [0, 0.1) is 0 Å². The van der Waals surface area contributed by atoms with Crippen molar-refractivity contribution in [1.82, 2.24) is 20.3 Å². The lowest BCUT2D eigenvalue weighted by Crippen LogP contribution is -2.19. The minimum atomic E-state index is 0.920. The number of aryl methyl sites for hydroxylation is 1. The van der Waals surface area contributed by atoms with Crippen molar-refractivity contribution in [2.45, 2.75) is 6.42 Å². The van der Waals surface area contributed by atoms with Crippen LogP contribution in [0.1, 0.15) is 12.0 Å². The van der Waals surface area contributed by atoms with E-state index < -0.39 is 0 Å². The molecule has 1 aliphatic heterocycles. The summed E-state index contributed by atoms with van der Waals surface area (Å²) in [6.07, 6.45) is 5.30. The lowest BCUT2D eigenvalue weighted by atomic mass is 9.99. The fourth-order valence-electron chi connectivity index (χ4n) is 2.22. The Labute approximate surface area is 106 Å². The van der Waals surface area contributed by atoms with Crippen molar-refractivity contribution in [3.8, 4) is 11.3 Å². The highest BCUT2D eigenvalue weighted by atomic mass is 15.4. The molecule has 4 heteroatoms. The lowest BCUT2D eigenvalue weighted by molar-refractivity contribution is 0.715. The molecular formula is C14H16N4. The van der Waals surface area contributed by atoms with Crippen LogP contribution in [0.5, 0.6) is 0 Å². The van der Waals surface area contributed by atoms with Gasteiger partial charge in [0.05, 0.1) is 6.20 Å². The minimum absolute atomic E-state index is 0.920. The fraction of sp³-hybridized carbons (Fsp3) is 0.286. The van der Waals surface area contributed by atoms with Crippen molar-refractivity contribution in [3.63, 3.8) is 0 Å². The van der Waals surface area contributed by atoms with E-state index in [9.17, 15) is 0 Å². The average Bonchev–Trinajstić information content (AvgIpc) is 2.87. The first kappa shape index (κ1) is 11.2. The van der Waals surface area contributed by atoms with E-state index in [4.69, 9.17) is 0 Å². The molecule has 0 aliphatic carbocycles. The van der Waals surface area contributed by atoms with Crippen LogP contribution in [0.4, 0.5) is 0 Å². The summed E-state index contributed by atoms with van der Waals surface area (Å²) in [6, 6.07) is 8.56. The maximum Gasteiger partial charge on any atom is 0.113 e. The third-order valence-electron chi connectivity index (χ3n) is 3.22. The zero-order valence-electron chi connectivity index (χ0n) is 10.4. The third kappa shape index (κ3) is 2.19. The Kier molecular flexibility index (Phi) is 2.94. The molecule has 4 nitrogen and oxygen atoms in total. The number of benzene rings is 1. The minimum Gasteiger partial charge on any atom is -0.313 e. The number of aromatic nitrogens is 3. The Balaban J connectivity index is 1.87. The Morgan fingerprint density at radius 2 is 1.94 bits per heavy atom. The number of hydrogen-bond donors (Lipinski definition) is 1. The van der Waals surface area contributed by atoms with Crippen molar-refractivity contribution < 1.29 is 0 Å². The third-order valence-corrected chi connectivity index (χ3v) is 3.22. The van der Waals surface area contributed by atoms with Gasteiger partial charge in [0.1, 0.15) is 5.69 Å². The molecule has 0 radical (unpaired) electrons. The zero-order chi connectivity index (χ0) is 12.4. The predicted molar refractivity (Wildman–Crippen MR) is 71.9 cm³/mol. The van der Waals surface area contributed by atoms with E-state index in [-0.39, 0.29) is 0 Å². The van der Waals surface area contributed by atoms with Gasteiger partial charge in [-0.1, -0.05) is 35.6 Å². The smallest absolute Gasteiger partial charge is 0.113 e. The van der Waals surface area contributed by atoms with E-state index in [0.29, 0.717) is 0 Å². The van der Waals surface area contributed by atoms with Gasteiger partial charge in [-0.05, 0) is 24.1 Å². The molecule has 2 heterocycles. The zero-order valence-corrected chi connectivity index (χ0v) is 10.4. The molecule has 0 amide bonds. The largest absolute Gasteiger partial charge is 0.313 e. The molecule has 3 rings (SSSR count). The van der Waals surface area contributed by atoms with Gasteiger partial charge in [-0.2, -0.15) is 0 Å². The molecule has 0 spiro atoms. The average molecular weight is 240 g/mol. The second-order valence-electron chi connectivity index (χ2n) is 4.54. The molecule has 1 aromatic carbocycles. The second-order valence-corrected chi connectivity index (χ2v) is 4.54. The van der Waals surface area contributed by atoms with Crippen LogP contribution in [0.15, 0.2) is 36.5 Å². The summed E-state index contributed by atoms with van der Waals surface area (Å²) in [5.41, 5.74) is 4.77. The summed E-state index contributed by atoms with van der Waals surface area (Å²) in [4.78, 5) is 0. The van der Waals surface area contributed by atoms with Crippen LogP contribution in [-0.4, -0.2) is 28.1 Å². The first-order chi connectivity index (χ1) is 8.83. The van der Waals surface area contributed by atoms with Crippen molar-refractivity contribution in [2.75, 3.05) is 13.1 Å². The van der Waals surface area contributed by atoms with Gasteiger partial charge < -0.3 is 5.32 Å². The van der Waals surface area contributed by atoms with E-state index in [0.717, 1.165) is 30.8 Å². The second kappa shape index (κ2) is 4.74. The molecule has 92 valence electrons. The Morgan fingerprint density at radius 3 is 2.56 bits per heavy atom. The number of nitrogens with one attached hydrogen (secondary N) is 1. The van der Waals surface area contributed by atoms with E-state index >= 15 is 0 Å². The van der Waals surface area contributed by atoms with E-state index in [2.05, 4.69) is 46.0 Å². The molecule has 1 aliphatic rings. The highest BCUT2D eigenvalue weighted by Gasteiger charge is 2.07. The van der Waals surface area contributed by atoms with Gasteiger partial charge in [-0.25, -0.2) is 0 Å². The van der Waals surface area contributed by atoms with Crippen molar-refractivity contribution >= 4 is 5.57 Å². The molecule has 0 saturated carbocycles. The van der Waals surface area contributed by atoms with Gasteiger partial charge in [0, 0.05) is 19.2 Å². The van der Waals surface area contributed by atoms with Crippen molar-refractivity contribution in [3.05, 3.63) is 42.1 Å². The SMILES string of the molecule is Cn1cc(-c2ccc(C3=CCNCC3)cc2)nn1. The Hall–Kier alpha value is -1.94. The normalized spacial score (nSPS) is 15.5. The molecule has 0 fully saturated rings. The summed E-state index contributed by atoms with van der Waals surface area (Å²) in [7, 11) is 1.88. The summed E-state index contributed by atoms with van der Waals surface area (Å²) < 4.78 is 1.72. The predicted octanol–water partition coefficient (Wildman–Crippen LogP) is 1.86. The molecule has 0 bridgehead atoms. The summed E-state index contributed by atoms with van der Waals surface area (Å²) in [6.45, 7) is 2.04. The van der Waals surface area contributed by atoms with Gasteiger partial charge in [0.2, 0.25) is 0 Å². The molecular weight excluding hydrogens is 224 g/mol. The van der Waals surface area contributed by atoms with Crippen LogP contribution in [0.25, 0.3) is 16.8 Å². The number of hydrogen-bond acceptors (Lipinski definition) is 3. The van der Waals surface area contributed by atoms with Gasteiger partial charge in [-0.15, -0.1) is 5.10 Å². The topological polar surface area (TPSA) is 42.7 Å².